The molecule has 1 aromatic carbocycles. The fourth-order valence-corrected chi connectivity index (χ4v) is 1.57. The van der Waals surface area contributed by atoms with Crippen molar-refractivity contribution >= 4 is 17.3 Å². The number of aryl methyl sites for hydroxylation is 1. The lowest BCUT2D eigenvalue weighted by Gasteiger charge is -2.21. The van der Waals surface area contributed by atoms with Gasteiger partial charge in [0.15, 0.2) is 5.11 Å². The SMILES string of the molecule is CCCNC(=S)N(C)Cc1ccc(C)cc1. The third-order valence-electron chi connectivity index (χ3n) is 2.41. The van der Waals surface area contributed by atoms with Crippen molar-refractivity contribution in [3.8, 4) is 0 Å². The molecule has 16 heavy (non-hydrogen) atoms. The first kappa shape index (κ1) is 13.0. The van der Waals surface area contributed by atoms with Crippen LogP contribution in [0.1, 0.15) is 24.5 Å². The highest BCUT2D eigenvalue weighted by Gasteiger charge is 2.03. The quantitative estimate of drug-likeness (QED) is 0.809. The first-order valence-electron chi connectivity index (χ1n) is 5.68. The summed E-state index contributed by atoms with van der Waals surface area (Å²) in [6.07, 6.45) is 1.10. The van der Waals surface area contributed by atoms with Gasteiger partial charge in [-0.2, -0.15) is 0 Å². The van der Waals surface area contributed by atoms with Crippen molar-refractivity contribution in [3.05, 3.63) is 35.4 Å². The van der Waals surface area contributed by atoms with Crippen LogP contribution in [0.4, 0.5) is 0 Å². The average molecular weight is 236 g/mol. The van der Waals surface area contributed by atoms with Gasteiger partial charge in [0.25, 0.3) is 0 Å². The second-order valence-electron chi connectivity index (χ2n) is 4.07. The van der Waals surface area contributed by atoms with Crippen LogP contribution in [0.25, 0.3) is 0 Å². The van der Waals surface area contributed by atoms with Gasteiger partial charge in [0.2, 0.25) is 0 Å². The first-order valence-corrected chi connectivity index (χ1v) is 6.09. The smallest absolute Gasteiger partial charge is 0.168 e. The van der Waals surface area contributed by atoms with E-state index < -0.39 is 0 Å². The normalized spacial score (nSPS) is 9.94. The summed E-state index contributed by atoms with van der Waals surface area (Å²) >= 11 is 5.28. The Labute approximate surface area is 104 Å². The number of hydrogen-bond donors (Lipinski definition) is 1. The van der Waals surface area contributed by atoms with Crippen LogP contribution in [0.2, 0.25) is 0 Å². The number of nitrogens with one attached hydrogen (secondary N) is 1. The molecule has 0 aliphatic carbocycles. The summed E-state index contributed by atoms with van der Waals surface area (Å²) in [6, 6.07) is 8.56. The number of benzene rings is 1. The van der Waals surface area contributed by atoms with Crippen LogP contribution < -0.4 is 5.32 Å². The van der Waals surface area contributed by atoms with Crippen molar-refractivity contribution in [2.45, 2.75) is 26.8 Å². The fourth-order valence-electron chi connectivity index (χ4n) is 1.41. The molecule has 0 heterocycles. The molecule has 0 fully saturated rings. The maximum Gasteiger partial charge on any atom is 0.168 e. The van der Waals surface area contributed by atoms with Crippen molar-refractivity contribution in [3.63, 3.8) is 0 Å². The lowest BCUT2D eigenvalue weighted by molar-refractivity contribution is 0.489. The van der Waals surface area contributed by atoms with Crippen LogP contribution in [0.5, 0.6) is 0 Å². The molecular formula is C13H20N2S. The van der Waals surface area contributed by atoms with Crippen molar-refractivity contribution < 1.29 is 0 Å². The standard InChI is InChI=1S/C13H20N2S/c1-4-9-14-13(16)15(3)10-12-7-5-11(2)6-8-12/h5-8H,4,9-10H2,1-3H3,(H,14,16). The van der Waals surface area contributed by atoms with E-state index in [1.807, 2.05) is 7.05 Å². The molecule has 0 atom stereocenters. The van der Waals surface area contributed by atoms with Gasteiger partial charge < -0.3 is 10.2 Å². The monoisotopic (exact) mass is 236 g/mol. The van der Waals surface area contributed by atoms with Gasteiger partial charge in [0.05, 0.1) is 0 Å². The van der Waals surface area contributed by atoms with Crippen LogP contribution in [-0.4, -0.2) is 23.6 Å². The fraction of sp³-hybridized carbons (Fsp3) is 0.462. The molecular weight excluding hydrogens is 216 g/mol. The Hall–Kier alpha value is -1.09. The first-order chi connectivity index (χ1) is 7.63. The molecule has 0 bridgehead atoms. The van der Waals surface area contributed by atoms with Crippen LogP contribution in [0.3, 0.4) is 0 Å². The Morgan fingerprint density at radius 3 is 2.50 bits per heavy atom. The zero-order valence-electron chi connectivity index (χ0n) is 10.3. The minimum absolute atomic E-state index is 0.822. The van der Waals surface area contributed by atoms with E-state index in [0.29, 0.717) is 0 Å². The lowest BCUT2D eigenvalue weighted by atomic mass is 10.1. The van der Waals surface area contributed by atoms with Gasteiger partial charge in [-0.3, -0.25) is 0 Å². The molecule has 0 aliphatic rings. The van der Waals surface area contributed by atoms with Gasteiger partial charge in [-0.05, 0) is 31.1 Å². The van der Waals surface area contributed by atoms with E-state index in [4.69, 9.17) is 12.2 Å². The van der Waals surface area contributed by atoms with Crippen molar-refractivity contribution in [2.24, 2.45) is 0 Å². The molecule has 1 aromatic rings. The van der Waals surface area contributed by atoms with E-state index in [-0.39, 0.29) is 0 Å². The van der Waals surface area contributed by atoms with Gasteiger partial charge in [0, 0.05) is 20.1 Å². The van der Waals surface area contributed by atoms with Crippen molar-refractivity contribution in [1.82, 2.24) is 10.2 Å². The number of thiocarbonyl (C=S) groups is 1. The van der Waals surface area contributed by atoms with Gasteiger partial charge in [0.1, 0.15) is 0 Å². The number of nitrogens with zero attached hydrogens (tertiary/aromatic N) is 1. The predicted molar refractivity (Wildman–Crippen MR) is 73.5 cm³/mol. The number of hydrogen-bond acceptors (Lipinski definition) is 1. The van der Waals surface area contributed by atoms with Gasteiger partial charge in [-0.1, -0.05) is 36.8 Å². The average Bonchev–Trinajstić information content (AvgIpc) is 2.29. The highest BCUT2D eigenvalue weighted by molar-refractivity contribution is 7.80. The van der Waals surface area contributed by atoms with E-state index in [1.165, 1.54) is 11.1 Å². The molecule has 0 aliphatic heterocycles. The zero-order chi connectivity index (χ0) is 12.0. The second-order valence-corrected chi connectivity index (χ2v) is 4.46. The highest BCUT2D eigenvalue weighted by Crippen LogP contribution is 2.05. The Kier molecular flexibility index (Phi) is 5.26. The molecule has 0 aromatic heterocycles. The predicted octanol–water partition coefficient (Wildman–Crippen LogP) is 2.71. The van der Waals surface area contributed by atoms with Crippen LogP contribution >= 0.6 is 12.2 Å². The molecule has 0 saturated heterocycles. The van der Waals surface area contributed by atoms with E-state index in [9.17, 15) is 0 Å². The summed E-state index contributed by atoms with van der Waals surface area (Å²) in [4.78, 5) is 2.07. The molecule has 88 valence electrons. The maximum atomic E-state index is 5.28. The molecule has 1 N–H and O–H groups in total. The molecule has 1 rings (SSSR count). The minimum atomic E-state index is 0.822. The summed E-state index contributed by atoms with van der Waals surface area (Å²) in [7, 11) is 2.02. The molecule has 0 amide bonds. The second kappa shape index (κ2) is 6.48. The summed E-state index contributed by atoms with van der Waals surface area (Å²) < 4.78 is 0. The number of rotatable bonds is 4. The van der Waals surface area contributed by atoms with E-state index in [1.54, 1.807) is 0 Å². The zero-order valence-corrected chi connectivity index (χ0v) is 11.1. The van der Waals surface area contributed by atoms with Crippen LogP contribution in [-0.2, 0) is 6.54 Å². The van der Waals surface area contributed by atoms with Gasteiger partial charge in [-0.15, -0.1) is 0 Å². The maximum absolute atomic E-state index is 5.28. The molecule has 0 spiro atoms. The molecule has 2 nitrogen and oxygen atoms in total. The van der Waals surface area contributed by atoms with E-state index >= 15 is 0 Å². The van der Waals surface area contributed by atoms with Gasteiger partial charge >= 0.3 is 0 Å². The summed E-state index contributed by atoms with van der Waals surface area (Å²) in [5, 5.41) is 4.04. The van der Waals surface area contributed by atoms with Crippen LogP contribution in [0, 0.1) is 6.92 Å². The Morgan fingerprint density at radius 2 is 1.94 bits per heavy atom. The summed E-state index contributed by atoms with van der Waals surface area (Å²) in [5.74, 6) is 0. The van der Waals surface area contributed by atoms with Crippen LogP contribution in [0.15, 0.2) is 24.3 Å². The van der Waals surface area contributed by atoms with E-state index in [0.717, 1.165) is 24.6 Å². The molecule has 3 heteroatoms. The molecule has 0 saturated carbocycles. The Bertz CT molecular complexity index is 332. The van der Waals surface area contributed by atoms with E-state index in [2.05, 4.69) is 48.3 Å². The minimum Gasteiger partial charge on any atom is -0.363 e. The molecule has 0 radical (unpaired) electrons. The Morgan fingerprint density at radius 1 is 1.31 bits per heavy atom. The van der Waals surface area contributed by atoms with Crippen molar-refractivity contribution in [2.75, 3.05) is 13.6 Å². The summed E-state index contributed by atoms with van der Waals surface area (Å²) in [5.41, 5.74) is 2.58. The largest absolute Gasteiger partial charge is 0.363 e. The Balaban J connectivity index is 2.47. The van der Waals surface area contributed by atoms with Crippen molar-refractivity contribution in [1.29, 1.82) is 0 Å². The van der Waals surface area contributed by atoms with Gasteiger partial charge in [-0.25, -0.2) is 0 Å². The summed E-state index contributed by atoms with van der Waals surface area (Å²) in [6.45, 7) is 6.03. The third-order valence-corrected chi connectivity index (χ3v) is 2.87. The topological polar surface area (TPSA) is 15.3 Å². The molecule has 0 unspecified atom stereocenters. The highest BCUT2D eigenvalue weighted by atomic mass is 32.1. The third kappa shape index (κ3) is 4.19. The lowest BCUT2D eigenvalue weighted by Crippen LogP contribution is -2.36.